The molecule has 9 heteroatoms. The molecule has 3 N–H and O–H groups in total. The molecule has 4 rings (SSSR count). The first-order chi connectivity index (χ1) is 18.3. The van der Waals surface area contributed by atoms with Gasteiger partial charge in [-0.1, -0.05) is 0 Å². The Morgan fingerprint density at radius 2 is 1.69 bits per heavy atom. The zero-order chi connectivity index (χ0) is 28.6. The number of aliphatic hydroxyl groups is 1. The van der Waals surface area contributed by atoms with Gasteiger partial charge in [-0.15, -0.1) is 0 Å². The first kappa shape index (κ1) is 27.8. The second-order valence-electron chi connectivity index (χ2n) is 10.2. The molecular weight excluding hydrogens is 507 g/mol. The van der Waals surface area contributed by atoms with E-state index < -0.39 is 34.7 Å². The van der Waals surface area contributed by atoms with Crippen LogP contribution in [0.5, 0.6) is 0 Å². The van der Waals surface area contributed by atoms with Gasteiger partial charge in [0.1, 0.15) is 23.1 Å². The van der Waals surface area contributed by atoms with Crippen molar-refractivity contribution in [2.75, 3.05) is 6.61 Å². The number of aliphatic hydroxyl groups excluding tert-OH is 1. The zero-order valence-corrected chi connectivity index (χ0v) is 22.2. The Labute approximate surface area is 223 Å². The van der Waals surface area contributed by atoms with Crippen molar-refractivity contribution in [3.63, 3.8) is 0 Å². The molecule has 39 heavy (non-hydrogen) atoms. The van der Waals surface area contributed by atoms with Gasteiger partial charge in [0.05, 0.1) is 17.7 Å². The smallest absolute Gasteiger partial charge is 0.247 e. The lowest BCUT2D eigenvalue weighted by atomic mass is 9.93. The van der Waals surface area contributed by atoms with Crippen LogP contribution in [0.4, 0.5) is 13.2 Å². The number of nitrogens with one attached hydrogen (secondary N) is 2. The number of halogens is 3. The Kier molecular flexibility index (Phi) is 7.48. The van der Waals surface area contributed by atoms with E-state index in [4.69, 9.17) is 0 Å². The van der Waals surface area contributed by atoms with Gasteiger partial charge >= 0.3 is 0 Å². The van der Waals surface area contributed by atoms with Crippen LogP contribution in [0.2, 0.25) is 0 Å². The number of aromatic amines is 1. The summed E-state index contributed by atoms with van der Waals surface area (Å²) >= 11 is 0. The summed E-state index contributed by atoms with van der Waals surface area (Å²) in [5.74, 6) is -3.28. The van der Waals surface area contributed by atoms with Crippen molar-refractivity contribution in [1.82, 2.24) is 15.3 Å². The lowest BCUT2D eigenvalue weighted by Gasteiger charge is -2.23. The fourth-order valence-corrected chi connectivity index (χ4v) is 4.41. The Bertz CT molecular complexity index is 1650. The molecule has 0 aliphatic carbocycles. The molecule has 0 unspecified atom stereocenters. The summed E-state index contributed by atoms with van der Waals surface area (Å²) < 4.78 is 43.5. The van der Waals surface area contributed by atoms with Crippen LogP contribution in [0, 0.1) is 24.4 Å². The van der Waals surface area contributed by atoms with Crippen molar-refractivity contribution in [1.29, 1.82) is 0 Å². The van der Waals surface area contributed by atoms with E-state index in [-0.39, 0.29) is 17.7 Å². The average molecular weight is 536 g/mol. The molecule has 0 saturated carbocycles. The van der Waals surface area contributed by atoms with Crippen molar-refractivity contribution in [2.24, 2.45) is 0 Å². The predicted molar refractivity (Wildman–Crippen MR) is 145 cm³/mol. The molecule has 0 aliphatic heterocycles. The van der Waals surface area contributed by atoms with E-state index >= 15 is 0 Å². The van der Waals surface area contributed by atoms with Crippen LogP contribution in [0.1, 0.15) is 49.2 Å². The maximum Gasteiger partial charge on any atom is 0.247 e. The van der Waals surface area contributed by atoms with Crippen LogP contribution >= 0.6 is 0 Å². The molecule has 0 fully saturated rings. The van der Waals surface area contributed by atoms with E-state index in [1.165, 1.54) is 25.3 Å². The number of amides is 1. The number of aromatic nitrogens is 2. The van der Waals surface area contributed by atoms with Crippen LogP contribution < -0.4 is 5.32 Å². The van der Waals surface area contributed by atoms with Crippen molar-refractivity contribution in [3.05, 3.63) is 82.4 Å². The molecule has 2 aromatic carbocycles. The first-order valence-corrected chi connectivity index (χ1v) is 12.2. The van der Waals surface area contributed by atoms with Gasteiger partial charge in [0.25, 0.3) is 0 Å². The van der Waals surface area contributed by atoms with E-state index in [0.717, 1.165) is 6.07 Å². The number of pyridine rings is 1. The Hall–Kier alpha value is -4.24. The summed E-state index contributed by atoms with van der Waals surface area (Å²) in [6, 6.07) is 6.12. The van der Waals surface area contributed by atoms with Gasteiger partial charge in [0.15, 0.2) is 5.78 Å². The number of fused-ring (bicyclic) bond motifs is 1. The van der Waals surface area contributed by atoms with Gasteiger partial charge in [-0.2, -0.15) is 0 Å². The minimum Gasteiger partial charge on any atom is -0.394 e. The van der Waals surface area contributed by atoms with E-state index in [1.54, 1.807) is 46.0 Å². The normalized spacial score (nSPS) is 12.2. The molecule has 0 aliphatic rings. The zero-order valence-electron chi connectivity index (χ0n) is 22.2. The number of rotatable bonds is 7. The molecule has 6 nitrogen and oxygen atoms in total. The highest BCUT2D eigenvalue weighted by Gasteiger charge is 2.22. The number of ketones is 1. The molecule has 0 radical (unpaired) electrons. The largest absolute Gasteiger partial charge is 0.394 e. The number of carbonyl (C=O) groups is 2. The molecule has 1 amide bonds. The third-order valence-electron chi connectivity index (χ3n) is 6.53. The van der Waals surface area contributed by atoms with Gasteiger partial charge in [0.2, 0.25) is 5.91 Å². The minimum absolute atomic E-state index is 0.0808. The molecule has 202 valence electrons. The van der Waals surface area contributed by atoms with Gasteiger partial charge in [-0.05, 0) is 81.7 Å². The average Bonchev–Trinajstić information content (AvgIpc) is 3.28. The van der Waals surface area contributed by atoms with E-state index in [1.807, 2.05) is 0 Å². The maximum atomic E-state index is 14.8. The predicted octanol–water partition coefficient (Wildman–Crippen LogP) is 6.12. The monoisotopic (exact) mass is 535 g/mol. The summed E-state index contributed by atoms with van der Waals surface area (Å²) in [5, 5.41) is 12.6. The molecule has 0 bridgehead atoms. The summed E-state index contributed by atoms with van der Waals surface area (Å²) in [6.07, 6.45) is 4.62. The maximum absolute atomic E-state index is 14.8. The third-order valence-corrected chi connectivity index (χ3v) is 6.53. The van der Waals surface area contributed by atoms with Crippen LogP contribution in [0.15, 0.2) is 48.3 Å². The van der Waals surface area contributed by atoms with E-state index in [9.17, 15) is 27.9 Å². The van der Waals surface area contributed by atoms with Crippen LogP contribution in [-0.2, 0) is 4.79 Å². The SMILES string of the molecule is CC(=O)c1c(F)cc(F)cc1-c1c[nH]c2ncc(-c3cc(F)cc(C=C(C)C(=O)NC(C)(C)CO)c3C)cc12. The number of nitrogens with zero attached hydrogens (tertiary/aromatic N) is 1. The topological polar surface area (TPSA) is 95.1 Å². The van der Waals surface area contributed by atoms with Crippen molar-refractivity contribution in [2.45, 2.75) is 40.2 Å². The number of hydrogen-bond acceptors (Lipinski definition) is 4. The standard InChI is InChI=1S/C30H28F3N3O3/c1-15(29(39)36-30(4,5)14-37)6-18-7-20(31)9-22(16(18)2)19-8-24-25(13-35-28(24)34-12-19)23-10-21(32)11-26(33)27(23)17(3)38/h6-13,37H,14H2,1-5H3,(H,34,35)(H,36,39). The Morgan fingerprint density at radius 3 is 2.36 bits per heavy atom. The van der Waals surface area contributed by atoms with Gasteiger partial charge in [-0.3, -0.25) is 9.59 Å². The molecule has 0 atom stereocenters. The Morgan fingerprint density at radius 1 is 1.03 bits per heavy atom. The summed E-state index contributed by atoms with van der Waals surface area (Å²) in [5.41, 5.74) is 2.30. The number of Topliss-reactive ketones (excluding diaryl/α,β-unsaturated/α-hetero) is 1. The van der Waals surface area contributed by atoms with Crippen molar-refractivity contribution >= 4 is 28.8 Å². The molecule has 4 aromatic rings. The van der Waals surface area contributed by atoms with Crippen molar-refractivity contribution in [3.8, 4) is 22.3 Å². The highest BCUT2D eigenvalue weighted by molar-refractivity contribution is 6.06. The molecule has 2 heterocycles. The fraction of sp³-hybridized carbons (Fsp3) is 0.233. The van der Waals surface area contributed by atoms with E-state index in [2.05, 4.69) is 15.3 Å². The second kappa shape index (κ2) is 10.5. The molecule has 2 aromatic heterocycles. The van der Waals surface area contributed by atoms with Crippen molar-refractivity contribution < 1.29 is 27.9 Å². The summed E-state index contributed by atoms with van der Waals surface area (Å²) in [6.45, 7) is 7.69. The molecule has 0 spiro atoms. The third kappa shape index (κ3) is 5.63. The van der Waals surface area contributed by atoms with Crippen LogP contribution in [0.25, 0.3) is 39.4 Å². The highest BCUT2D eigenvalue weighted by Crippen LogP contribution is 2.36. The molecule has 0 saturated heterocycles. The van der Waals surface area contributed by atoms with Crippen LogP contribution in [0.3, 0.4) is 0 Å². The quantitative estimate of drug-likeness (QED) is 0.196. The van der Waals surface area contributed by atoms with E-state index in [0.29, 0.717) is 50.5 Å². The fourth-order valence-electron chi connectivity index (χ4n) is 4.41. The van der Waals surface area contributed by atoms with Gasteiger partial charge in [-0.25, -0.2) is 18.2 Å². The van der Waals surface area contributed by atoms with Crippen LogP contribution in [-0.4, -0.2) is 38.9 Å². The Balaban J connectivity index is 1.83. The molecular formula is C30H28F3N3O3. The van der Waals surface area contributed by atoms with Gasteiger partial charge in [0, 0.05) is 46.1 Å². The number of H-pyrrole nitrogens is 1. The lowest BCUT2D eigenvalue weighted by Crippen LogP contribution is -2.46. The highest BCUT2D eigenvalue weighted by atomic mass is 19.1. The summed E-state index contributed by atoms with van der Waals surface area (Å²) in [4.78, 5) is 32.2. The second-order valence-corrected chi connectivity index (χ2v) is 10.2. The summed E-state index contributed by atoms with van der Waals surface area (Å²) in [7, 11) is 0. The minimum atomic E-state index is -0.963. The lowest BCUT2D eigenvalue weighted by molar-refractivity contribution is -0.119. The van der Waals surface area contributed by atoms with Gasteiger partial charge < -0.3 is 15.4 Å². The number of hydrogen-bond donors (Lipinski definition) is 3. The number of benzene rings is 2. The first-order valence-electron chi connectivity index (χ1n) is 12.2. The number of carbonyl (C=O) groups excluding carboxylic acids is 2.